The zero-order valence-electron chi connectivity index (χ0n) is 15.8. The number of alkyl halides is 3. The Hall–Kier alpha value is -2.69. The highest BCUT2D eigenvalue weighted by atomic mass is 19.4. The van der Waals surface area contributed by atoms with E-state index in [1.807, 2.05) is 6.08 Å². The lowest BCUT2D eigenvalue weighted by Crippen LogP contribution is -2.43. The highest BCUT2D eigenvalue weighted by Crippen LogP contribution is 2.49. The molecule has 0 aromatic heterocycles. The van der Waals surface area contributed by atoms with Gasteiger partial charge in [0.2, 0.25) is 0 Å². The SMILES string of the molecule is N#Cc1ccc(C(=O)N2CCC(C(F)(F)F)CC2)c(C2(C3CCC3)C=CN=N2)c1. The summed E-state index contributed by atoms with van der Waals surface area (Å²) < 4.78 is 38.9. The van der Waals surface area contributed by atoms with Crippen molar-refractivity contribution >= 4 is 5.91 Å². The number of likely N-dealkylation sites (tertiary alicyclic amines) is 1. The van der Waals surface area contributed by atoms with Gasteiger partial charge in [-0.05, 0) is 61.4 Å². The Morgan fingerprint density at radius 1 is 1.21 bits per heavy atom. The molecule has 2 fully saturated rings. The molecule has 1 aromatic carbocycles. The van der Waals surface area contributed by atoms with E-state index in [0.29, 0.717) is 16.7 Å². The maximum Gasteiger partial charge on any atom is 0.391 e. The first kappa shape index (κ1) is 19.6. The number of hydrogen-bond donors (Lipinski definition) is 0. The Morgan fingerprint density at radius 2 is 1.93 bits per heavy atom. The van der Waals surface area contributed by atoms with Crippen LogP contribution in [-0.2, 0) is 5.54 Å². The molecular formula is C21H21F3N4O. The number of nitrogens with zero attached hydrogens (tertiary/aromatic N) is 4. The fourth-order valence-corrected chi connectivity index (χ4v) is 4.45. The van der Waals surface area contributed by atoms with Gasteiger partial charge in [0.05, 0.1) is 17.6 Å². The summed E-state index contributed by atoms with van der Waals surface area (Å²) in [5, 5.41) is 17.8. The molecule has 2 aliphatic heterocycles. The maximum absolute atomic E-state index is 13.3. The van der Waals surface area contributed by atoms with Crippen LogP contribution in [-0.4, -0.2) is 30.1 Å². The lowest BCUT2D eigenvalue weighted by Gasteiger charge is -2.40. The number of rotatable bonds is 3. The van der Waals surface area contributed by atoms with E-state index in [0.717, 1.165) is 19.3 Å². The second kappa shape index (κ2) is 7.29. The van der Waals surface area contributed by atoms with Crippen LogP contribution >= 0.6 is 0 Å². The van der Waals surface area contributed by atoms with E-state index in [2.05, 4.69) is 16.3 Å². The highest BCUT2D eigenvalue weighted by Gasteiger charge is 2.46. The predicted molar refractivity (Wildman–Crippen MR) is 98.9 cm³/mol. The third-order valence-corrected chi connectivity index (χ3v) is 6.40. The van der Waals surface area contributed by atoms with Crippen molar-refractivity contribution in [3.05, 3.63) is 47.2 Å². The molecule has 1 aromatic rings. The molecule has 8 heteroatoms. The van der Waals surface area contributed by atoms with E-state index in [-0.39, 0.29) is 37.8 Å². The standard InChI is InChI=1S/C21H21F3N4O/c22-21(23,24)16-6-10-28(11-7-16)19(29)17-5-4-14(13-25)12-18(17)20(8-9-26-27-20)15-2-1-3-15/h4-5,8-9,12,15-16H,1-3,6-7,10-11H2. The van der Waals surface area contributed by atoms with E-state index >= 15 is 0 Å². The molecule has 0 radical (unpaired) electrons. The zero-order chi connectivity index (χ0) is 20.6. The largest absolute Gasteiger partial charge is 0.391 e. The number of carbonyl (C=O) groups excluding carboxylic acids is 1. The third kappa shape index (κ3) is 3.43. The second-order valence-corrected chi connectivity index (χ2v) is 7.96. The molecule has 1 unspecified atom stereocenters. The minimum absolute atomic E-state index is 0.0657. The molecule has 5 nitrogen and oxygen atoms in total. The van der Waals surface area contributed by atoms with Crippen LogP contribution in [0.1, 0.15) is 53.6 Å². The summed E-state index contributed by atoms with van der Waals surface area (Å²) in [5.74, 6) is -1.47. The van der Waals surface area contributed by atoms with Crippen LogP contribution in [0.25, 0.3) is 0 Å². The number of benzene rings is 1. The van der Waals surface area contributed by atoms with E-state index in [1.54, 1.807) is 24.4 Å². The molecule has 1 saturated heterocycles. The fourth-order valence-electron chi connectivity index (χ4n) is 4.45. The van der Waals surface area contributed by atoms with Gasteiger partial charge in [-0.25, -0.2) is 0 Å². The summed E-state index contributed by atoms with van der Waals surface area (Å²) in [6.45, 7) is 0.131. The number of halogens is 3. The molecule has 152 valence electrons. The zero-order valence-corrected chi connectivity index (χ0v) is 15.8. The van der Waals surface area contributed by atoms with Crippen molar-refractivity contribution in [2.75, 3.05) is 13.1 Å². The van der Waals surface area contributed by atoms with E-state index in [4.69, 9.17) is 0 Å². The van der Waals surface area contributed by atoms with Crippen LogP contribution in [0.4, 0.5) is 13.2 Å². The van der Waals surface area contributed by atoms with Gasteiger partial charge in [-0.1, -0.05) is 6.42 Å². The maximum atomic E-state index is 13.3. The Bertz CT molecular complexity index is 891. The molecule has 2 heterocycles. The molecule has 3 aliphatic rings. The van der Waals surface area contributed by atoms with Crippen LogP contribution in [0.5, 0.6) is 0 Å². The first-order valence-electron chi connectivity index (χ1n) is 9.85. The van der Waals surface area contributed by atoms with Gasteiger partial charge in [0.15, 0.2) is 0 Å². The van der Waals surface area contributed by atoms with Crippen molar-refractivity contribution in [2.24, 2.45) is 22.1 Å². The average Bonchev–Trinajstić information content (AvgIpc) is 3.15. The van der Waals surface area contributed by atoms with Crippen LogP contribution < -0.4 is 0 Å². The van der Waals surface area contributed by atoms with Crippen LogP contribution in [0.3, 0.4) is 0 Å². The van der Waals surface area contributed by atoms with Crippen LogP contribution in [0.15, 0.2) is 40.7 Å². The molecule has 1 aliphatic carbocycles. The molecule has 0 spiro atoms. The number of amides is 1. The minimum Gasteiger partial charge on any atom is -0.339 e. The minimum atomic E-state index is -4.22. The topological polar surface area (TPSA) is 68.8 Å². The quantitative estimate of drug-likeness (QED) is 0.718. The molecule has 1 atom stereocenters. The Kier molecular flexibility index (Phi) is 4.93. The molecular weight excluding hydrogens is 381 g/mol. The third-order valence-electron chi connectivity index (χ3n) is 6.40. The smallest absolute Gasteiger partial charge is 0.339 e. The molecule has 1 amide bonds. The van der Waals surface area contributed by atoms with Crippen molar-refractivity contribution < 1.29 is 18.0 Å². The van der Waals surface area contributed by atoms with Gasteiger partial charge in [0.1, 0.15) is 5.54 Å². The monoisotopic (exact) mass is 402 g/mol. The Balaban J connectivity index is 1.66. The Morgan fingerprint density at radius 3 is 2.45 bits per heavy atom. The molecule has 4 rings (SSSR count). The van der Waals surface area contributed by atoms with Crippen molar-refractivity contribution in [3.8, 4) is 6.07 Å². The number of nitriles is 1. The van der Waals surface area contributed by atoms with Gasteiger partial charge < -0.3 is 4.90 Å². The van der Waals surface area contributed by atoms with Crippen molar-refractivity contribution in [3.63, 3.8) is 0 Å². The fraction of sp³-hybridized carbons (Fsp3) is 0.524. The van der Waals surface area contributed by atoms with E-state index in [9.17, 15) is 23.2 Å². The van der Waals surface area contributed by atoms with Crippen molar-refractivity contribution in [1.29, 1.82) is 5.26 Å². The van der Waals surface area contributed by atoms with Crippen molar-refractivity contribution in [2.45, 2.75) is 43.8 Å². The van der Waals surface area contributed by atoms with Crippen LogP contribution in [0.2, 0.25) is 0 Å². The van der Waals surface area contributed by atoms with Gasteiger partial charge in [-0.3, -0.25) is 4.79 Å². The summed E-state index contributed by atoms with van der Waals surface area (Å²) >= 11 is 0. The van der Waals surface area contributed by atoms with Gasteiger partial charge >= 0.3 is 6.18 Å². The number of hydrogen-bond acceptors (Lipinski definition) is 4. The summed E-state index contributed by atoms with van der Waals surface area (Å²) in [4.78, 5) is 14.8. The lowest BCUT2D eigenvalue weighted by molar-refractivity contribution is -0.183. The molecule has 0 bridgehead atoms. The van der Waals surface area contributed by atoms with Gasteiger partial charge in [-0.2, -0.15) is 28.7 Å². The summed E-state index contributed by atoms with van der Waals surface area (Å²) in [6, 6.07) is 6.97. The van der Waals surface area contributed by atoms with E-state index in [1.165, 1.54) is 4.90 Å². The second-order valence-electron chi connectivity index (χ2n) is 7.96. The highest BCUT2D eigenvalue weighted by molar-refractivity contribution is 5.96. The first-order chi connectivity index (χ1) is 13.8. The number of carbonyl (C=O) groups is 1. The molecule has 0 N–H and O–H groups in total. The van der Waals surface area contributed by atoms with Gasteiger partial charge in [0.25, 0.3) is 5.91 Å². The first-order valence-corrected chi connectivity index (χ1v) is 9.85. The number of azo groups is 1. The number of piperidine rings is 1. The molecule has 29 heavy (non-hydrogen) atoms. The van der Waals surface area contributed by atoms with E-state index < -0.39 is 17.6 Å². The average molecular weight is 402 g/mol. The van der Waals surface area contributed by atoms with Gasteiger partial charge in [0, 0.05) is 24.9 Å². The lowest BCUT2D eigenvalue weighted by atomic mass is 9.67. The summed E-state index contributed by atoms with van der Waals surface area (Å²) in [6.07, 6.45) is 2.05. The van der Waals surface area contributed by atoms with Crippen molar-refractivity contribution in [1.82, 2.24) is 4.90 Å². The summed E-state index contributed by atoms with van der Waals surface area (Å²) in [5.41, 5.74) is 0.663. The van der Waals surface area contributed by atoms with Gasteiger partial charge in [-0.15, -0.1) is 0 Å². The van der Waals surface area contributed by atoms with Crippen LogP contribution in [0, 0.1) is 23.2 Å². The Labute approximate surface area is 166 Å². The molecule has 1 saturated carbocycles. The predicted octanol–water partition coefficient (Wildman–Crippen LogP) is 4.95. The summed E-state index contributed by atoms with van der Waals surface area (Å²) in [7, 11) is 0. The normalized spacial score (nSPS) is 25.1.